The van der Waals surface area contributed by atoms with Crippen LogP contribution in [0.25, 0.3) is 33.4 Å². The fraction of sp³-hybridized carbons (Fsp3) is 0.414. The summed E-state index contributed by atoms with van der Waals surface area (Å²) < 4.78 is 51.3. The van der Waals surface area contributed by atoms with Gasteiger partial charge in [0.05, 0.1) is 39.6 Å². The molecule has 1 aliphatic rings. The van der Waals surface area contributed by atoms with Crippen LogP contribution in [-0.2, 0) is 70.3 Å². The van der Waals surface area contributed by atoms with Gasteiger partial charge in [-0.15, -0.1) is 0 Å². The molecule has 0 bridgehead atoms. The molecule has 0 spiro atoms. The van der Waals surface area contributed by atoms with Gasteiger partial charge in [-0.3, -0.25) is 9.59 Å². The van der Waals surface area contributed by atoms with E-state index < -0.39 is 0 Å². The van der Waals surface area contributed by atoms with E-state index in [1.54, 1.807) is 20.8 Å². The Labute approximate surface area is 751 Å². The number of carbonyl (C=O) groups is 5. The molecule has 670 valence electrons. The molecule has 1 fully saturated rings. The monoisotopic (exact) mass is 1710 g/mol. The van der Waals surface area contributed by atoms with Gasteiger partial charge in [0.15, 0.2) is 19.8 Å². The molecule has 15 nitrogen and oxygen atoms in total. The van der Waals surface area contributed by atoms with Crippen LogP contribution in [0.15, 0.2) is 231 Å². The van der Waals surface area contributed by atoms with Crippen LogP contribution in [0, 0.1) is 5.92 Å². The summed E-state index contributed by atoms with van der Waals surface area (Å²) in [6.45, 7) is 28.9. The summed E-state index contributed by atoms with van der Waals surface area (Å²) in [6, 6.07) is 78.7. The lowest BCUT2D eigenvalue weighted by atomic mass is 9.90. The SMILES string of the molecule is CCOC(=O)COc1ccc(-c2ccc(OCCCC(=O)CCCc3ccccc3)cc2CC(C)C)cc1C(C)CC.CCOC(=O)COc1ccc(-c2ccc(OCCCC(=O)Cc3ccccc3)c(C(C)C)c2)cc1C(C)C.CCOC(=O)COc1ccc(-c2ccc(OCCCCCCN3CCCCC3)c(Cc3ccccc3)c2)cc1Cc1ccccc1. The topological polar surface area (TPSA) is 172 Å². The summed E-state index contributed by atoms with van der Waals surface area (Å²) >= 11 is 0. The highest BCUT2D eigenvalue weighted by Crippen LogP contribution is 2.40. The number of ether oxygens (including phenoxy) is 9. The second kappa shape index (κ2) is 54.6. The van der Waals surface area contributed by atoms with Crippen LogP contribution >= 0.6 is 0 Å². The Balaban J connectivity index is 0.000000215. The number of esters is 3. The van der Waals surface area contributed by atoms with E-state index in [2.05, 4.69) is 188 Å². The maximum Gasteiger partial charge on any atom is 0.344 e. The van der Waals surface area contributed by atoms with Gasteiger partial charge < -0.3 is 47.5 Å². The molecule has 11 rings (SSSR count). The number of piperidine rings is 1. The van der Waals surface area contributed by atoms with Gasteiger partial charge in [-0.05, 0) is 290 Å². The summed E-state index contributed by atoms with van der Waals surface area (Å²) in [4.78, 5) is 63.0. The Kier molecular flexibility index (Phi) is 42.7. The minimum atomic E-state index is -0.371. The number of ketones is 2. The predicted molar refractivity (Wildman–Crippen MR) is 509 cm³/mol. The van der Waals surface area contributed by atoms with Gasteiger partial charge in [0.25, 0.3) is 0 Å². The van der Waals surface area contributed by atoms with E-state index in [1.165, 1.54) is 91.5 Å². The van der Waals surface area contributed by atoms with E-state index in [-0.39, 0.29) is 61.3 Å². The number of unbranched alkanes of at least 4 members (excludes halogenated alkanes) is 3. The van der Waals surface area contributed by atoms with Crippen molar-refractivity contribution < 1.29 is 66.6 Å². The molecule has 1 saturated heterocycles. The second-order valence-corrected chi connectivity index (χ2v) is 33.7. The second-order valence-electron chi connectivity index (χ2n) is 33.7. The number of hydrogen-bond acceptors (Lipinski definition) is 15. The van der Waals surface area contributed by atoms with Gasteiger partial charge in [0.1, 0.15) is 46.1 Å². The Morgan fingerprint density at radius 3 is 1.27 bits per heavy atom. The van der Waals surface area contributed by atoms with Crippen molar-refractivity contribution >= 4 is 29.5 Å². The van der Waals surface area contributed by atoms with Gasteiger partial charge in [-0.25, -0.2) is 14.4 Å². The molecule has 10 aromatic rings. The van der Waals surface area contributed by atoms with E-state index >= 15 is 0 Å². The number of hydrogen-bond donors (Lipinski definition) is 0. The van der Waals surface area contributed by atoms with Crippen molar-refractivity contribution in [1.82, 2.24) is 4.90 Å². The van der Waals surface area contributed by atoms with E-state index in [0.29, 0.717) is 94.8 Å². The van der Waals surface area contributed by atoms with Gasteiger partial charge in [-0.1, -0.05) is 232 Å². The quantitative estimate of drug-likeness (QED) is 0.0200. The van der Waals surface area contributed by atoms with Crippen molar-refractivity contribution in [2.75, 3.05) is 79.1 Å². The highest BCUT2D eigenvalue weighted by atomic mass is 16.6. The minimum absolute atomic E-state index is 0.0967. The summed E-state index contributed by atoms with van der Waals surface area (Å²) in [7, 11) is 0. The molecule has 1 aliphatic heterocycles. The standard InChI is InChI=1S/C41H49NO4.C37H48O5.C33H40O5/c1-2-44-41(43)32-46-40-23-21-36(31-38(40)29-34-18-10-6-11-19-34)35-20-22-39(37(30-35)28-33-16-8-5-9-17-33)45-27-15-4-3-12-24-42-25-13-7-14-26-42;1-6-28(5)35-25-30(18-21-36(35)42-26-37(39)40-7-2)34-20-19-33(24-31(34)23-27(3)4)41-22-12-17-32(38)16-11-15-29-13-9-8-10-14-29;1-6-36-33(35)22-38-32-17-15-27(21-30(32)24(4)5)26-14-16-31(29(20-26)23(2)3)37-18-10-13-28(34)19-25-11-8-7-9-12-25/h5-6,8-11,16-23,30-31H,2-4,7,12-15,24-29,32H2,1H3;8-10,13-14,18-21,24-25,27-28H,6-7,11-12,15-17,22-23,26H2,1-5H3;7-9,11-12,14-17,20-21,23-24H,6,10,13,18-19,22H2,1-5H3. The molecule has 15 heteroatoms. The zero-order chi connectivity index (χ0) is 89.6. The molecular formula is C111H137NO14. The predicted octanol–water partition coefficient (Wildman–Crippen LogP) is 25.2. The minimum Gasteiger partial charge on any atom is -0.494 e. The summed E-state index contributed by atoms with van der Waals surface area (Å²) in [5, 5.41) is 0. The maximum absolute atomic E-state index is 12.4. The molecule has 10 aromatic carbocycles. The van der Waals surface area contributed by atoms with Crippen LogP contribution in [0.2, 0.25) is 0 Å². The smallest absolute Gasteiger partial charge is 0.344 e. The van der Waals surface area contributed by atoms with Crippen LogP contribution in [0.4, 0.5) is 0 Å². The molecule has 0 aliphatic carbocycles. The van der Waals surface area contributed by atoms with Crippen LogP contribution in [0.1, 0.15) is 239 Å². The van der Waals surface area contributed by atoms with Crippen molar-refractivity contribution in [2.24, 2.45) is 5.92 Å². The van der Waals surface area contributed by atoms with E-state index in [4.69, 9.17) is 42.6 Å². The van der Waals surface area contributed by atoms with Crippen molar-refractivity contribution in [2.45, 2.75) is 216 Å². The van der Waals surface area contributed by atoms with Crippen LogP contribution in [-0.4, -0.2) is 113 Å². The van der Waals surface area contributed by atoms with Gasteiger partial charge in [0, 0.05) is 38.5 Å². The summed E-state index contributed by atoms with van der Waals surface area (Å²) in [6.07, 6.45) is 17.7. The first-order valence-corrected chi connectivity index (χ1v) is 46.2. The first-order chi connectivity index (χ1) is 61.3. The molecule has 0 amide bonds. The molecule has 0 N–H and O–H groups in total. The fourth-order valence-corrected chi connectivity index (χ4v) is 15.6. The van der Waals surface area contributed by atoms with Gasteiger partial charge >= 0.3 is 17.9 Å². The first-order valence-electron chi connectivity index (χ1n) is 46.2. The third-order valence-electron chi connectivity index (χ3n) is 22.5. The van der Waals surface area contributed by atoms with E-state index in [9.17, 15) is 24.0 Å². The molecule has 1 heterocycles. The zero-order valence-corrected chi connectivity index (χ0v) is 76.8. The van der Waals surface area contributed by atoms with Gasteiger partial charge in [-0.2, -0.15) is 0 Å². The van der Waals surface area contributed by atoms with Crippen LogP contribution in [0.5, 0.6) is 34.5 Å². The van der Waals surface area contributed by atoms with Crippen LogP contribution < -0.4 is 28.4 Å². The third-order valence-corrected chi connectivity index (χ3v) is 22.5. The first kappa shape index (κ1) is 98.5. The van der Waals surface area contributed by atoms with E-state index in [1.807, 2.05) is 103 Å². The van der Waals surface area contributed by atoms with E-state index in [0.717, 1.165) is 130 Å². The number of carbonyl (C=O) groups excluding carboxylic acids is 5. The average molecular weight is 1710 g/mol. The zero-order valence-electron chi connectivity index (χ0n) is 76.8. The lowest BCUT2D eigenvalue weighted by Crippen LogP contribution is -2.30. The molecule has 0 radical (unpaired) electrons. The lowest BCUT2D eigenvalue weighted by molar-refractivity contribution is -0.146. The van der Waals surface area contributed by atoms with Crippen molar-refractivity contribution in [3.63, 3.8) is 0 Å². The molecule has 0 saturated carbocycles. The van der Waals surface area contributed by atoms with Crippen molar-refractivity contribution in [1.29, 1.82) is 0 Å². The summed E-state index contributed by atoms with van der Waals surface area (Å²) in [5.41, 5.74) is 18.2. The molecule has 1 atom stereocenters. The number of aryl methyl sites for hydroxylation is 1. The molecule has 0 aromatic heterocycles. The maximum atomic E-state index is 12.4. The summed E-state index contributed by atoms with van der Waals surface area (Å²) in [5.74, 6) is 5.47. The van der Waals surface area contributed by atoms with Crippen LogP contribution in [0.3, 0.4) is 0 Å². The largest absolute Gasteiger partial charge is 0.494 e. The number of benzene rings is 10. The average Bonchev–Trinajstić information content (AvgIpc) is 0.812. The molecular weight excluding hydrogens is 1570 g/mol. The Morgan fingerprint density at radius 2 is 0.762 bits per heavy atom. The molecule has 1 unspecified atom stereocenters. The molecule has 126 heavy (non-hydrogen) atoms. The van der Waals surface area contributed by atoms with Crippen molar-refractivity contribution in [3.8, 4) is 67.9 Å². The number of Topliss-reactive ketones (excluding diaryl/α,β-unsaturated/α-hetero) is 2. The number of likely N-dealkylation sites (tertiary alicyclic amines) is 1. The third kappa shape index (κ3) is 34.2. The van der Waals surface area contributed by atoms with Gasteiger partial charge in [0.2, 0.25) is 0 Å². The number of nitrogens with zero attached hydrogens (tertiary/aromatic N) is 1. The Morgan fingerprint density at radius 1 is 0.349 bits per heavy atom. The lowest BCUT2D eigenvalue weighted by Gasteiger charge is -2.26. The Bertz CT molecular complexity index is 4920. The highest BCUT2D eigenvalue weighted by Gasteiger charge is 2.21. The van der Waals surface area contributed by atoms with Crippen molar-refractivity contribution in [3.05, 3.63) is 286 Å². The highest BCUT2D eigenvalue weighted by molar-refractivity contribution is 5.81. The fourth-order valence-electron chi connectivity index (χ4n) is 15.6. The number of rotatable bonds is 49. The normalized spacial score (nSPS) is 12.1. The Hall–Kier alpha value is -11.3.